The molecule has 1 saturated heterocycles. The standard InChI is InChI=1S/C17H13Cl2N3O3S/c18-11-3-4-13(12(19)6-11)24-9-15(23)22-7-10(8-22)17-20-16(21-25-17)14-2-1-5-26-14/h1-6,10H,7-9H2. The minimum absolute atomic E-state index is 0.0549. The number of hydrogen-bond donors (Lipinski definition) is 0. The van der Waals surface area contributed by atoms with Gasteiger partial charge in [-0.2, -0.15) is 4.98 Å². The topological polar surface area (TPSA) is 68.5 Å². The number of halogens is 2. The highest BCUT2D eigenvalue weighted by atomic mass is 35.5. The van der Waals surface area contributed by atoms with Crippen LogP contribution < -0.4 is 4.74 Å². The van der Waals surface area contributed by atoms with Gasteiger partial charge >= 0.3 is 0 Å². The van der Waals surface area contributed by atoms with Crippen LogP contribution in [0.3, 0.4) is 0 Å². The molecule has 2 aromatic heterocycles. The lowest BCUT2D eigenvalue weighted by atomic mass is 10.0. The minimum Gasteiger partial charge on any atom is -0.482 e. The number of aromatic nitrogens is 2. The molecule has 0 aliphatic carbocycles. The van der Waals surface area contributed by atoms with E-state index in [2.05, 4.69) is 10.1 Å². The van der Waals surface area contributed by atoms with Crippen molar-refractivity contribution in [2.75, 3.05) is 19.7 Å². The van der Waals surface area contributed by atoms with Crippen LogP contribution in [0.5, 0.6) is 5.75 Å². The van der Waals surface area contributed by atoms with Crippen LogP contribution >= 0.6 is 34.5 Å². The fraction of sp³-hybridized carbons (Fsp3) is 0.235. The summed E-state index contributed by atoms with van der Waals surface area (Å²) in [6.07, 6.45) is 0. The largest absolute Gasteiger partial charge is 0.482 e. The Kier molecular flexibility index (Phi) is 4.84. The first-order valence-electron chi connectivity index (χ1n) is 7.83. The summed E-state index contributed by atoms with van der Waals surface area (Å²) in [5.41, 5.74) is 0. The quantitative estimate of drug-likeness (QED) is 0.633. The highest BCUT2D eigenvalue weighted by Crippen LogP contribution is 2.30. The molecule has 0 spiro atoms. The van der Waals surface area contributed by atoms with E-state index in [0.717, 1.165) is 4.88 Å². The second kappa shape index (κ2) is 7.26. The van der Waals surface area contributed by atoms with Crippen molar-refractivity contribution >= 4 is 40.4 Å². The van der Waals surface area contributed by atoms with E-state index in [0.29, 0.717) is 40.6 Å². The number of nitrogens with zero attached hydrogens (tertiary/aromatic N) is 3. The lowest BCUT2D eigenvalue weighted by molar-refractivity contribution is -0.138. The third-order valence-corrected chi connectivity index (χ3v) is 5.41. The van der Waals surface area contributed by atoms with E-state index in [9.17, 15) is 4.79 Å². The Morgan fingerprint density at radius 2 is 2.19 bits per heavy atom. The first kappa shape index (κ1) is 17.3. The molecule has 4 rings (SSSR count). The molecule has 26 heavy (non-hydrogen) atoms. The van der Waals surface area contributed by atoms with Gasteiger partial charge < -0.3 is 14.2 Å². The average Bonchev–Trinajstić information content (AvgIpc) is 3.24. The number of carbonyl (C=O) groups is 1. The Morgan fingerprint density at radius 3 is 2.92 bits per heavy atom. The van der Waals surface area contributed by atoms with Crippen LogP contribution in [0.2, 0.25) is 10.0 Å². The number of ether oxygens (including phenoxy) is 1. The van der Waals surface area contributed by atoms with Crippen molar-refractivity contribution in [3.05, 3.63) is 51.6 Å². The van der Waals surface area contributed by atoms with Crippen molar-refractivity contribution in [1.29, 1.82) is 0 Å². The fourth-order valence-electron chi connectivity index (χ4n) is 2.57. The van der Waals surface area contributed by atoms with Gasteiger partial charge in [0.1, 0.15) is 5.75 Å². The second-order valence-corrected chi connectivity index (χ2v) is 7.58. The van der Waals surface area contributed by atoms with Crippen LogP contribution in [0.15, 0.2) is 40.2 Å². The Bertz CT molecular complexity index is 923. The molecule has 0 saturated carbocycles. The van der Waals surface area contributed by atoms with Crippen molar-refractivity contribution < 1.29 is 14.1 Å². The van der Waals surface area contributed by atoms with Gasteiger partial charge in [0, 0.05) is 18.1 Å². The molecule has 0 radical (unpaired) electrons. The highest BCUT2D eigenvalue weighted by molar-refractivity contribution is 7.13. The lowest BCUT2D eigenvalue weighted by Gasteiger charge is -2.36. The van der Waals surface area contributed by atoms with Gasteiger partial charge in [-0.15, -0.1) is 11.3 Å². The summed E-state index contributed by atoms with van der Waals surface area (Å²) >= 11 is 13.4. The van der Waals surface area contributed by atoms with Crippen LogP contribution in [0.1, 0.15) is 11.8 Å². The van der Waals surface area contributed by atoms with E-state index >= 15 is 0 Å². The smallest absolute Gasteiger partial charge is 0.260 e. The monoisotopic (exact) mass is 409 g/mol. The molecule has 1 aliphatic heterocycles. The van der Waals surface area contributed by atoms with Crippen LogP contribution in [-0.2, 0) is 4.79 Å². The summed E-state index contributed by atoms with van der Waals surface area (Å²) in [5, 5.41) is 6.84. The van der Waals surface area contributed by atoms with Crippen LogP contribution in [0.25, 0.3) is 10.7 Å². The second-order valence-electron chi connectivity index (χ2n) is 5.79. The number of benzene rings is 1. The number of likely N-dealkylation sites (tertiary alicyclic amines) is 1. The van der Waals surface area contributed by atoms with Crippen molar-refractivity contribution in [3.8, 4) is 16.5 Å². The maximum absolute atomic E-state index is 12.2. The Balaban J connectivity index is 1.29. The first-order chi connectivity index (χ1) is 12.6. The van der Waals surface area contributed by atoms with Crippen molar-refractivity contribution in [2.24, 2.45) is 0 Å². The molecule has 3 heterocycles. The van der Waals surface area contributed by atoms with Gasteiger partial charge in [-0.05, 0) is 29.6 Å². The highest BCUT2D eigenvalue weighted by Gasteiger charge is 2.35. The predicted molar refractivity (Wildman–Crippen MR) is 98.9 cm³/mol. The first-order valence-corrected chi connectivity index (χ1v) is 9.47. The van der Waals surface area contributed by atoms with Gasteiger partial charge in [0.15, 0.2) is 6.61 Å². The fourth-order valence-corrected chi connectivity index (χ4v) is 3.68. The summed E-state index contributed by atoms with van der Waals surface area (Å²) in [6, 6.07) is 8.75. The molecule has 3 aromatic rings. The van der Waals surface area contributed by atoms with Crippen molar-refractivity contribution in [3.63, 3.8) is 0 Å². The van der Waals surface area contributed by atoms with E-state index in [1.165, 1.54) is 0 Å². The average molecular weight is 410 g/mol. The molecule has 0 N–H and O–H groups in total. The zero-order valence-electron chi connectivity index (χ0n) is 13.4. The van der Waals surface area contributed by atoms with E-state index in [4.69, 9.17) is 32.5 Å². The van der Waals surface area contributed by atoms with E-state index in [-0.39, 0.29) is 18.4 Å². The molecule has 0 atom stereocenters. The maximum Gasteiger partial charge on any atom is 0.260 e. The number of rotatable bonds is 5. The molecule has 0 bridgehead atoms. The minimum atomic E-state index is -0.120. The van der Waals surface area contributed by atoms with Gasteiger partial charge in [-0.3, -0.25) is 4.79 Å². The molecular formula is C17H13Cl2N3O3S. The molecule has 1 aliphatic rings. The molecule has 1 aromatic carbocycles. The molecule has 1 fully saturated rings. The lowest BCUT2D eigenvalue weighted by Crippen LogP contribution is -2.50. The summed E-state index contributed by atoms with van der Waals surface area (Å²) in [5.74, 6) is 1.50. The Labute approximate surface area is 163 Å². The number of thiophene rings is 1. The van der Waals surface area contributed by atoms with Crippen molar-refractivity contribution in [2.45, 2.75) is 5.92 Å². The number of amides is 1. The summed E-state index contributed by atoms with van der Waals surface area (Å²) in [6.45, 7) is 0.976. The van der Waals surface area contributed by atoms with Crippen molar-refractivity contribution in [1.82, 2.24) is 15.0 Å². The van der Waals surface area contributed by atoms with Crippen LogP contribution in [-0.4, -0.2) is 40.6 Å². The SMILES string of the molecule is O=C(COc1ccc(Cl)cc1Cl)N1CC(c2nc(-c3cccs3)no2)C1. The molecule has 1 amide bonds. The summed E-state index contributed by atoms with van der Waals surface area (Å²) < 4.78 is 10.8. The third kappa shape index (κ3) is 3.56. The van der Waals surface area contributed by atoms with E-state index in [1.807, 2.05) is 17.5 Å². The molecule has 9 heteroatoms. The van der Waals surface area contributed by atoms with Gasteiger partial charge in [0.05, 0.1) is 15.8 Å². The number of hydrogen-bond acceptors (Lipinski definition) is 6. The van der Waals surface area contributed by atoms with Gasteiger partial charge in [0.25, 0.3) is 5.91 Å². The number of carbonyl (C=O) groups excluding carboxylic acids is 1. The summed E-state index contributed by atoms with van der Waals surface area (Å²) in [4.78, 5) is 19.3. The predicted octanol–water partition coefficient (Wildman–Crippen LogP) is 4.11. The van der Waals surface area contributed by atoms with Crippen LogP contribution in [0, 0.1) is 0 Å². The van der Waals surface area contributed by atoms with E-state index < -0.39 is 0 Å². The van der Waals surface area contributed by atoms with Crippen LogP contribution in [0.4, 0.5) is 0 Å². The Morgan fingerprint density at radius 1 is 1.35 bits per heavy atom. The molecule has 6 nitrogen and oxygen atoms in total. The Hall–Kier alpha value is -2.09. The summed E-state index contributed by atoms with van der Waals surface area (Å²) in [7, 11) is 0. The zero-order valence-corrected chi connectivity index (χ0v) is 15.7. The van der Waals surface area contributed by atoms with Gasteiger partial charge in [-0.25, -0.2) is 0 Å². The van der Waals surface area contributed by atoms with Gasteiger partial charge in [0.2, 0.25) is 11.7 Å². The molecule has 134 valence electrons. The molecule has 0 unspecified atom stereocenters. The molecular weight excluding hydrogens is 397 g/mol. The maximum atomic E-state index is 12.2. The normalized spacial score (nSPS) is 14.3. The third-order valence-electron chi connectivity index (χ3n) is 4.01. The van der Waals surface area contributed by atoms with Gasteiger partial charge in [-0.1, -0.05) is 34.4 Å². The van der Waals surface area contributed by atoms with E-state index in [1.54, 1.807) is 34.4 Å². The zero-order chi connectivity index (χ0) is 18.1.